The predicted octanol–water partition coefficient (Wildman–Crippen LogP) is 5.15. The lowest BCUT2D eigenvalue weighted by molar-refractivity contribution is -0.144. The standard InChI is InChI=1S/C28H27NO6/c1-33-23-12-11-17(15-24(23)34-2)25(28(13-14-28)26(30)31)29-27(32)35-16-22-20-9-5-3-7-18(20)19-8-4-6-10-21(19)22/h3-12,15,22,25H,13-14,16H2,1-2H3,(H,29,32)(H,30,31). The number of ether oxygens (including phenoxy) is 3. The molecule has 3 aromatic rings. The van der Waals surface area contributed by atoms with Gasteiger partial charge in [-0.15, -0.1) is 0 Å². The van der Waals surface area contributed by atoms with Gasteiger partial charge >= 0.3 is 12.1 Å². The van der Waals surface area contributed by atoms with E-state index in [0.29, 0.717) is 29.9 Å². The van der Waals surface area contributed by atoms with Crippen molar-refractivity contribution in [2.45, 2.75) is 24.8 Å². The maximum absolute atomic E-state index is 13.0. The fourth-order valence-corrected chi connectivity index (χ4v) is 5.09. The summed E-state index contributed by atoms with van der Waals surface area (Å²) in [7, 11) is 3.04. The first-order valence-electron chi connectivity index (χ1n) is 11.6. The minimum Gasteiger partial charge on any atom is -0.493 e. The molecular weight excluding hydrogens is 446 g/mol. The summed E-state index contributed by atoms with van der Waals surface area (Å²) in [6, 6.07) is 20.6. The second kappa shape index (κ2) is 8.98. The fourth-order valence-electron chi connectivity index (χ4n) is 5.09. The molecule has 2 aliphatic carbocycles. The largest absolute Gasteiger partial charge is 0.493 e. The number of hydrogen-bond acceptors (Lipinski definition) is 5. The average molecular weight is 474 g/mol. The molecule has 0 saturated heterocycles. The Balaban J connectivity index is 1.37. The number of alkyl carbamates (subject to hydrolysis) is 1. The van der Waals surface area contributed by atoms with Crippen LogP contribution in [0.5, 0.6) is 11.5 Å². The van der Waals surface area contributed by atoms with E-state index in [4.69, 9.17) is 14.2 Å². The van der Waals surface area contributed by atoms with Crippen LogP contribution in [-0.2, 0) is 9.53 Å². The minimum atomic E-state index is -1.08. The number of aliphatic carboxylic acids is 1. The van der Waals surface area contributed by atoms with Crippen LogP contribution in [0.15, 0.2) is 66.7 Å². The zero-order valence-electron chi connectivity index (χ0n) is 19.6. The second-order valence-electron chi connectivity index (χ2n) is 8.98. The van der Waals surface area contributed by atoms with E-state index in [1.54, 1.807) is 18.2 Å². The summed E-state index contributed by atoms with van der Waals surface area (Å²) < 4.78 is 16.4. The lowest BCUT2D eigenvalue weighted by atomic mass is 9.90. The van der Waals surface area contributed by atoms with Crippen LogP contribution in [-0.4, -0.2) is 38.0 Å². The number of carboxylic acid groups (broad SMARTS) is 1. The molecule has 1 fully saturated rings. The summed E-state index contributed by atoms with van der Waals surface area (Å²) in [5.74, 6) is -0.0416. The monoisotopic (exact) mass is 473 g/mol. The number of carboxylic acids is 1. The number of carbonyl (C=O) groups excluding carboxylic acids is 1. The van der Waals surface area contributed by atoms with E-state index in [9.17, 15) is 14.7 Å². The molecule has 2 N–H and O–H groups in total. The van der Waals surface area contributed by atoms with Crippen molar-refractivity contribution >= 4 is 12.1 Å². The number of amides is 1. The van der Waals surface area contributed by atoms with E-state index in [1.165, 1.54) is 14.2 Å². The fraction of sp³-hybridized carbons (Fsp3) is 0.286. The Hall–Kier alpha value is -4.00. The summed E-state index contributed by atoms with van der Waals surface area (Å²) in [5.41, 5.74) is 4.05. The smallest absolute Gasteiger partial charge is 0.407 e. The molecule has 0 heterocycles. The molecule has 0 radical (unpaired) electrons. The van der Waals surface area contributed by atoms with Gasteiger partial charge in [-0.25, -0.2) is 4.79 Å². The van der Waals surface area contributed by atoms with Gasteiger partial charge in [-0.05, 0) is 52.8 Å². The van der Waals surface area contributed by atoms with Crippen LogP contribution in [0.3, 0.4) is 0 Å². The molecule has 1 amide bonds. The van der Waals surface area contributed by atoms with Crippen molar-refractivity contribution < 1.29 is 28.9 Å². The Kier molecular flexibility index (Phi) is 5.84. The molecule has 0 bridgehead atoms. The molecule has 1 saturated carbocycles. The maximum atomic E-state index is 13.0. The van der Waals surface area contributed by atoms with E-state index in [1.807, 2.05) is 24.3 Å². The molecule has 1 atom stereocenters. The predicted molar refractivity (Wildman–Crippen MR) is 130 cm³/mol. The molecular formula is C28H27NO6. The van der Waals surface area contributed by atoms with Crippen molar-refractivity contribution in [3.63, 3.8) is 0 Å². The second-order valence-corrected chi connectivity index (χ2v) is 8.98. The van der Waals surface area contributed by atoms with Gasteiger partial charge in [0.1, 0.15) is 6.61 Å². The van der Waals surface area contributed by atoms with E-state index in [-0.39, 0.29) is 12.5 Å². The molecule has 180 valence electrons. The van der Waals surface area contributed by atoms with E-state index in [0.717, 1.165) is 22.3 Å². The van der Waals surface area contributed by atoms with Crippen LogP contribution >= 0.6 is 0 Å². The Bertz CT molecular complexity index is 1240. The topological polar surface area (TPSA) is 94.1 Å². The molecule has 0 aromatic heterocycles. The molecule has 35 heavy (non-hydrogen) atoms. The molecule has 2 aliphatic rings. The third-order valence-electron chi connectivity index (χ3n) is 7.11. The number of nitrogens with one attached hydrogen (secondary N) is 1. The van der Waals surface area contributed by atoms with Gasteiger partial charge in [0.15, 0.2) is 11.5 Å². The minimum absolute atomic E-state index is 0.0814. The Morgan fingerprint density at radius 1 is 0.943 bits per heavy atom. The van der Waals surface area contributed by atoms with Crippen molar-refractivity contribution in [3.8, 4) is 22.6 Å². The lowest BCUT2D eigenvalue weighted by Crippen LogP contribution is -2.38. The molecule has 0 aliphatic heterocycles. The third-order valence-corrected chi connectivity index (χ3v) is 7.11. The number of carbonyl (C=O) groups is 2. The van der Waals surface area contributed by atoms with E-state index >= 15 is 0 Å². The highest BCUT2D eigenvalue weighted by molar-refractivity contribution is 5.81. The summed E-state index contributed by atoms with van der Waals surface area (Å²) in [6.07, 6.45) is 0.273. The third kappa shape index (κ3) is 3.97. The van der Waals surface area contributed by atoms with Gasteiger partial charge in [-0.2, -0.15) is 0 Å². The highest BCUT2D eigenvalue weighted by Crippen LogP contribution is 2.56. The number of methoxy groups -OCH3 is 2. The number of fused-ring (bicyclic) bond motifs is 3. The van der Waals surface area contributed by atoms with Crippen LogP contribution in [0.2, 0.25) is 0 Å². The highest BCUT2D eigenvalue weighted by Gasteiger charge is 2.57. The highest BCUT2D eigenvalue weighted by atomic mass is 16.5. The zero-order valence-corrected chi connectivity index (χ0v) is 19.6. The Morgan fingerprint density at radius 2 is 1.54 bits per heavy atom. The molecule has 1 unspecified atom stereocenters. The van der Waals surface area contributed by atoms with Crippen molar-refractivity contribution in [1.82, 2.24) is 5.32 Å². The normalized spacial score (nSPS) is 15.9. The van der Waals surface area contributed by atoms with Gasteiger partial charge in [0.25, 0.3) is 0 Å². The van der Waals surface area contributed by atoms with Crippen LogP contribution in [0.25, 0.3) is 11.1 Å². The SMILES string of the molecule is COc1ccc(C(NC(=O)OCC2c3ccccc3-c3ccccc32)C2(C(=O)O)CC2)cc1OC. The molecule has 0 spiro atoms. The summed E-state index contributed by atoms with van der Waals surface area (Å²) in [6.45, 7) is 0.151. The van der Waals surface area contributed by atoms with Crippen LogP contribution in [0.1, 0.15) is 41.5 Å². The van der Waals surface area contributed by atoms with Gasteiger partial charge in [0.2, 0.25) is 0 Å². The summed E-state index contributed by atoms with van der Waals surface area (Å²) in [5, 5.41) is 12.8. The summed E-state index contributed by atoms with van der Waals surface area (Å²) in [4.78, 5) is 25.2. The maximum Gasteiger partial charge on any atom is 0.407 e. The van der Waals surface area contributed by atoms with Crippen LogP contribution in [0, 0.1) is 5.41 Å². The quantitative estimate of drug-likeness (QED) is 0.470. The van der Waals surface area contributed by atoms with Gasteiger partial charge < -0.3 is 24.6 Å². The lowest BCUT2D eigenvalue weighted by Gasteiger charge is -2.26. The first-order chi connectivity index (χ1) is 17.0. The zero-order chi connectivity index (χ0) is 24.6. The molecule has 7 nitrogen and oxygen atoms in total. The van der Waals surface area contributed by atoms with Crippen molar-refractivity contribution in [2.24, 2.45) is 5.41 Å². The van der Waals surface area contributed by atoms with Gasteiger partial charge in [0, 0.05) is 5.92 Å². The van der Waals surface area contributed by atoms with Gasteiger partial charge in [0.05, 0.1) is 25.7 Å². The molecule has 3 aromatic carbocycles. The summed E-state index contributed by atoms with van der Waals surface area (Å²) >= 11 is 0. The number of benzene rings is 3. The van der Waals surface area contributed by atoms with Crippen LogP contribution < -0.4 is 14.8 Å². The first kappa shape index (κ1) is 22.8. The number of hydrogen-bond donors (Lipinski definition) is 2. The van der Waals surface area contributed by atoms with Crippen LogP contribution in [0.4, 0.5) is 4.79 Å². The molecule has 7 heteroatoms. The van der Waals surface area contributed by atoms with Crippen molar-refractivity contribution in [2.75, 3.05) is 20.8 Å². The van der Waals surface area contributed by atoms with Gasteiger partial charge in [-0.1, -0.05) is 54.6 Å². The molecule has 5 rings (SSSR count). The average Bonchev–Trinajstić information content (AvgIpc) is 3.64. The van der Waals surface area contributed by atoms with E-state index < -0.39 is 23.5 Å². The van der Waals surface area contributed by atoms with Gasteiger partial charge in [-0.3, -0.25) is 4.79 Å². The Labute approximate surface area is 203 Å². The van der Waals surface area contributed by atoms with E-state index in [2.05, 4.69) is 29.6 Å². The van der Waals surface area contributed by atoms with Crippen molar-refractivity contribution in [1.29, 1.82) is 0 Å². The first-order valence-corrected chi connectivity index (χ1v) is 11.6. The van der Waals surface area contributed by atoms with Crippen molar-refractivity contribution in [3.05, 3.63) is 83.4 Å². The number of rotatable bonds is 8. The Morgan fingerprint density at radius 3 is 2.09 bits per heavy atom.